The molecule has 1 aromatic carbocycles. The third-order valence-electron chi connectivity index (χ3n) is 4.43. The van der Waals surface area contributed by atoms with Gasteiger partial charge in [-0.15, -0.1) is 0 Å². The molecule has 6 nitrogen and oxygen atoms in total. The molecule has 25 heavy (non-hydrogen) atoms. The van der Waals surface area contributed by atoms with Gasteiger partial charge in [-0.25, -0.2) is 4.79 Å². The molecule has 0 fully saturated rings. The minimum absolute atomic E-state index is 0.178. The second-order valence-electron chi connectivity index (χ2n) is 6.05. The van der Waals surface area contributed by atoms with Gasteiger partial charge < -0.3 is 9.47 Å². The maximum atomic E-state index is 12.2. The molecule has 0 atom stereocenters. The van der Waals surface area contributed by atoms with Crippen LogP contribution in [0.5, 0.6) is 5.75 Å². The number of rotatable bonds is 5. The van der Waals surface area contributed by atoms with Crippen LogP contribution in [0, 0.1) is 0 Å². The van der Waals surface area contributed by atoms with E-state index in [-0.39, 0.29) is 19.2 Å². The first-order valence-electron chi connectivity index (χ1n) is 8.53. The second-order valence-corrected chi connectivity index (χ2v) is 6.05. The van der Waals surface area contributed by atoms with Gasteiger partial charge in [-0.2, -0.15) is 5.10 Å². The van der Waals surface area contributed by atoms with Crippen molar-refractivity contribution in [3.05, 3.63) is 53.5 Å². The first kappa shape index (κ1) is 15.6. The van der Waals surface area contributed by atoms with Crippen molar-refractivity contribution < 1.29 is 14.3 Å². The molecule has 2 heterocycles. The number of pyridine rings is 1. The van der Waals surface area contributed by atoms with Crippen molar-refractivity contribution in [3.63, 3.8) is 0 Å². The predicted molar refractivity (Wildman–Crippen MR) is 92.8 cm³/mol. The van der Waals surface area contributed by atoms with Gasteiger partial charge >= 0.3 is 5.97 Å². The normalized spacial score (nSPS) is 13.4. The number of para-hydroxylation sites is 1. The molecular formula is C19H19N3O3. The Morgan fingerprint density at radius 1 is 1.12 bits per heavy atom. The Bertz CT molecular complexity index is 899. The van der Waals surface area contributed by atoms with Crippen LogP contribution in [0.2, 0.25) is 0 Å². The van der Waals surface area contributed by atoms with Crippen LogP contribution in [0.4, 0.5) is 0 Å². The highest BCUT2D eigenvalue weighted by atomic mass is 16.6. The number of benzene rings is 1. The third kappa shape index (κ3) is 3.20. The molecule has 0 saturated carbocycles. The topological polar surface area (TPSA) is 77.1 Å². The van der Waals surface area contributed by atoms with E-state index in [1.807, 2.05) is 30.3 Å². The Morgan fingerprint density at radius 2 is 2.00 bits per heavy atom. The minimum atomic E-state index is -0.386. The van der Waals surface area contributed by atoms with Crippen LogP contribution in [-0.4, -0.2) is 34.4 Å². The summed E-state index contributed by atoms with van der Waals surface area (Å²) in [5, 5.41) is 8.02. The fraction of sp³-hybridized carbons (Fsp3) is 0.316. The lowest BCUT2D eigenvalue weighted by atomic mass is 9.96. The maximum absolute atomic E-state index is 12.2. The van der Waals surface area contributed by atoms with E-state index in [4.69, 9.17) is 9.47 Å². The highest BCUT2D eigenvalue weighted by molar-refractivity contribution is 5.89. The number of hydrogen-bond donors (Lipinski definition) is 1. The van der Waals surface area contributed by atoms with E-state index in [1.54, 1.807) is 6.20 Å². The van der Waals surface area contributed by atoms with E-state index in [1.165, 1.54) is 0 Å². The number of aromatic nitrogens is 3. The van der Waals surface area contributed by atoms with Crippen molar-refractivity contribution in [1.29, 1.82) is 0 Å². The van der Waals surface area contributed by atoms with Crippen molar-refractivity contribution in [2.24, 2.45) is 0 Å². The van der Waals surface area contributed by atoms with Crippen LogP contribution in [0.25, 0.3) is 10.9 Å². The Kier molecular flexibility index (Phi) is 4.33. The van der Waals surface area contributed by atoms with Gasteiger partial charge in [-0.1, -0.05) is 12.1 Å². The molecule has 1 aliphatic carbocycles. The molecule has 4 rings (SSSR count). The van der Waals surface area contributed by atoms with Gasteiger partial charge in [0.25, 0.3) is 0 Å². The lowest BCUT2D eigenvalue weighted by Gasteiger charge is -2.11. The molecule has 1 aliphatic rings. The monoisotopic (exact) mass is 337 g/mol. The van der Waals surface area contributed by atoms with E-state index in [9.17, 15) is 4.79 Å². The van der Waals surface area contributed by atoms with Crippen LogP contribution in [0.15, 0.2) is 36.5 Å². The first-order chi connectivity index (χ1) is 12.3. The number of carbonyl (C=O) groups is 1. The predicted octanol–water partition coefficient (Wildman–Crippen LogP) is 3.07. The van der Waals surface area contributed by atoms with Crippen LogP contribution in [0.1, 0.15) is 34.6 Å². The number of aromatic amines is 1. The summed E-state index contributed by atoms with van der Waals surface area (Å²) in [7, 11) is 0. The molecular weight excluding hydrogens is 318 g/mol. The van der Waals surface area contributed by atoms with Crippen LogP contribution >= 0.6 is 0 Å². The summed E-state index contributed by atoms with van der Waals surface area (Å²) in [5.74, 6) is 0.349. The van der Waals surface area contributed by atoms with Crippen molar-refractivity contribution in [1.82, 2.24) is 15.2 Å². The van der Waals surface area contributed by atoms with Crippen molar-refractivity contribution >= 4 is 16.9 Å². The molecule has 0 amide bonds. The molecule has 3 aromatic rings. The van der Waals surface area contributed by atoms with Crippen molar-refractivity contribution in [2.45, 2.75) is 25.7 Å². The number of nitrogens with one attached hydrogen (secondary N) is 1. The summed E-state index contributed by atoms with van der Waals surface area (Å²) in [6.45, 7) is 0.462. The Labute approximate surface area is 145 Å². The smallest absolute Gasteiger partial charge is 0.359 e. The summed E-state index contributed by atoms with van der Waals surface area (Å²) < 4.78 is 11.1. The van der Waals surface area contributed by atoms with Crippen molar-refractivity contribution in [3.8, 4) is 5.75 Å². The molecule has 0 spiro atoms. The van der Waals surface area contributed by atoms with Gasteiger partial charge in [0.2, 0.25) is 0 Å². The van der Waals surface area contributed by atoms with E-state index < -0.39 is 0 Å². The fourth-order valence-electron chi connectivity index (χ4n) is 3.20. The lowest BCUT2D eigenvalue weighted by molar-refractivity contribution is 0.0443. The van der Waals surface area contributed by atoms with Gasteiger partial charge in [0, 0.05) is 22.8 Å². The maximum Gasteiger partial charge on any atom is 0.359 e. The summed E-state index contributed by atoms with van der Waals surface area (Å²) in [4.78, 5) is 16.5. The molecule has 6 heteroatoms. The molecule has 0 bridgehead atoms. The molecule has 128 valence electrons. The largest absolute Gasteiger partial charge is 0.489 e. The van der Waals surface area contributed by atoms with Crippen LogP contribution in [0.3, 0.4) is 0 Å². The molecule has 2 aromatic heterocycles. The number of fused-ring (bicyclic) bond motifs is 2. The zero-order valence-electron chi connectivity index (χ0n) is 13.8. The highest BCUT2D eigenvalue weighted by Crippen LogP contribution is 2.24. The number of H-pyrrole nitrogens is 1. The molecule has 0 radical (unpaired) electrons. The number of carbonyl (C=O) groups excluding carboxylic acids is 1. The zero-order valence-corrected chi connectivity index (χ0v) is 13.8. The van der Waals surface area contributed by atoms with Crippen LogP contribution in [-0.2, 0) is 17.6 Å². The van der Waals surface area contributed by atoms with Gasteiger partial charge in [-0.05, 0) is 43.9 Å². The summed E-state index contributed by atoms with van der Waals surface area (Å²) >= 11 is 0. The Hall–Kier alpha value is -2.89. The zero-order chi connectivity index (χ0) is 17.1. The van der Waals surface area contributed by atoms with Gasteiger partial charge in [0.05, 0.1) is 5.52 Å². The molecule has 0 unspecified atom stereocenters. The number of esters is 1. The fourth-order valence-corrected chi connectivity index (χ4v) is 3.20. The number of aryl methyl sites for hydroxylation is 1. The SMILES string of the molecule is O=C(OCCOc1ccnc2ccccc12)c1n[nH]c2c1CCCC2. The average Bonchev–Trinajstić information content (AvgIpc) is 3.09. The summed E-state index contributed by atoms with van der Waals surface area (Å²) in [5.41, 5.74) is 3.37. The summed E-state index contributed by atoms with van der Waals surface area (Å²) in [6, 6.07) is 9.58. The molecule has 0 aliphatic heterocycles. The lowest BCUT2D eigenvalue weighted by Crippen LogP contribution is -2.15. The second kappa shape index (κ2) is 6.93. The van der Waals surface area contributed by atoms with Gasteiger partial charge in [0.15, 0.2) is 5.69 Å². The van der Waals surface area contributed by atoms with E-state index in [0.717, 1.165) is 53.6 Å². The number of nitrogens with zero attached hydrogens (tertiary/aromatic N) is 2. The van der Waals surface area contributed by atoms with Gasteiger partial charge in [0.1, 0.15) is 19.0 Å². The van der Waals surface area contributed by atoms with E-state index in [0.29, 0.717) is 5.69 Å². The van der Waals surface area contributed by atoms with E-state index >= 15 is 0 Å². The number of hydrogen-bond acceptors (Lipinski definition) is 5. The standard InChI is InChI=1S/C19H19N3O3/c23-19(18-14-6-2-4-8-16(14)21-22-18)25-12-11-24-17-9-10-20-15-7-3-1-5-13(15)17/h1,3,5,7,9-10H,2,4,6,8,11-12H2,(H,21,22). The first-order valence-corrected chi connectivity index (χ1v) is 8.53. The quantitative estimate of drug-likeness (QED) is 0.572. The Balaban J connectivity index is 1.35. The van der Waals surface area contributed by atoms with Crippen LogP contribution < -0.4 is 4.74 Å². The van der Waals surface area contributed by atoms with Gasteiger partial charge in [-0.3, -0.25) is 10.1 Å². The molecule has 1 N–H and O–H groups in total. The average molecular weight is 337 g/mol. The minimum Gasteiger partial charge on any atom is -0.489 e. The highest BCUT2D eigenvalue weighted by Gasteiger charge is 2.22. The van der Waals surface area contributed by atoms with E-state index in [2.05, 4.69) is 15.2 Å². The van der Waals surface area contributed by atoms with Crippen molar-refractivity contribution in [2.75, 3.05) is 13.2 Å². The third-order valence-corrected chi connectivity index (χ3v) is 4.43. The molecule has 0 saturated heterocycles. The summed E-state index contributed by atoms with van der Waals surface area (Å²) in [6.07, 6.45) is 5.77. The Morgan fingerprint density at radius 3 is 2.96 bits per heavy atom. The number of ether oxygens (including phenoxy) is 2.